The minimum Gasteiger partial charge on any atom is -0.497 e. The lowest BCUT2D eigenvalue weighted by molar-refractivity contribution is 0.112. The molecule has 0 aliphatic carbocycles. The molecule has 2 rings (SSSR count). The van der Waals surface area contributed by atoms with Crippen molar-refractivity contribution in [3.63, 3.8) is 0 Å². The Morgan fingerprint density at radius 2 is 2.20 bits per heavy atom. The van der Waals surface area contributed by atoms with Crippen LogP contribution in [0.2, 0.25) is 0 Å². The maximum Gasteiger partial charge on any atom is 0.151 e. The molecule has 3 heteroatoms. The van der Waals surface area contributed by atoms with E-state index < -0.39 is 0 Å². The molecule has 2 aromatic rings. The van der Waals surface area contributed by atoms with Crippen LogP contribution in [0.4, 0.5) is 0 Å². The maximum atomic E-state index is 10.5. The zero-order valence-corrected chi connectivity index (χ0v) is 8.38. The Balaban J connectivity index is 2.39. The minimum atomic E-state index is 0.665. The summed E-state index contributed by atoms with van der Waals surface area (Å²) in [4.78, 5) is 10.5. The van der Waals surface area contributed by atoms with E-state index in [2.05, 4.69) is 0 Å². The van der Waals surface area contributed by atoms with Crippen molar-refractivity contribution in [3.8, 4) is 11.4 Å². The molecule has 0 unspecified atom stereocenters. The monoisotopic (exact) mass is 201 g/mol. The topological polar surface area (TPSA) is 31.2 Å². The largest absolute Gasteiger partial charge is 0.497 e. The first-order valence-corrected chi connectivity index (χ1v) is 4.61. The van der Waals surface area contributed by atoms with Crippen molar-refractivity contribution in [2.75, 3.05) is 7.11 Å². The van der Waals surface area contributed by atoms with Crippen LogP contribution in [0.5, 0.6) is 5.75 Å². The molecule has 76 valence electrons. The number of methoxy groups -OCH3 is 1. The van der Waals surface area contributed by atoms with Gasteiger partial charge in [0.1, 0.15) is 5.75 Å². The van der Waals surface area contributed by atoms with Gasteiger partial charge in [-0.05, 0) is 18.2 Å². The van der Waals surface area contributed by atoms with Crippen molar-refractivity contribution in [2.24, 2.45) is 0 Å². The molecule has 0 saturated carbocycles. The summed E-state index contributed by atoms with van der Waals surface area (Å²) in [5.41, 5.74) is 1.64. The predicted octanol–water partition coefficient (Wildman–Crippen LogP) is 2.30. The van der Waals surface area contributed by atoms with Crippen molar-refractivity contribution in [1.29, 1.82) is 0 Å². The Labute approximate surface area is 87.9 Å². The second-order valence-corrected chi connectivity index (χ2v) is 3.17. The molecule has 0 spiro atoms. The highest BCUT2D eigenvalue weighted by Crippen LogP contribution is 2.16. The van der Waals surface area contributed by atoms with Gasteiger partial charge in [-0.25, -0.2) is 0 Å². The van der Waals surface area contributed by atoms with Crippen molar-refractivity contribution in [3.05, 3.63) is 48.3 Å². The molecule has 0 aliphatic heterocycles. The highest BCUT2D eigenvalue weighted by atomic mass is 16.5. The summed E-state index contributed by atoms with van der Waals surface area (Å²) in [5.74, 6) is 0.800. The SMILES string of the molecule is COc1cccc(-n2ccc(C=O)c2)c1. The fourth-order valence-corrected chi connectivity index (χ4v) is 1.41. The van der Waals surface area contributed by atoms with Gasteiger partial charge in [-0.1, -0.05) is 6.07 Å². The Kier molecular flexibility index (Phi) is 2.54. The lowest BCUT2D eigenvalue weighted by Crippen LogP contribution is -1.91. The Hall–Kier alpha value is -2.03. The number of nitrogens with zero attached hydrogens (tertiary/aromatic N) is 1. The van der Waals surface area contributed by atoms with E-state index in [1.54, 1.807) is 19.4 Å². The summed E-state index contributed by atoms with van der Waals surface area (Å²) in [5, 5.41) is 0. The third-order valence-electron chi connectivity index (χ3n) is 2.20. The number of carbonyl (C=O) groups is 1. The third-order valence-corrected chi connectivity index (χ3v) is 2.20. The predicted molar refractivity (Wildman–Crippen MR) is 57.7 cm³/mol. The highest BCUT2D eigenvalue weighted by molar-refractivity contribution is 5.74. The third kappa shape index (κ3) is 1.91. The molecule has 1 aromatic carbocycles. The number of rotatable bonds is 3. The van der Waals surface area contributed by atoms with Gasteiger partial charge in [-0.3, -0.25) is 4.79 Å². The van der Waals surface area contributed by atoms with Crippen LogP contribution in [0.1, 0.15) is 10.4 Å². The lowest BCUT2D eigenvalue weighted by atomic mass is 10.3. The Bertz CT molecular complexity index is 474. The molecule has 3 nitrogen and oxygen atoms in total. The summed E-state index contributed by atoms with van der Waals surface area (Å²) < 4.78 is 7.01. The normalized spacial score (nSPS) is 9.93. The number of carbonyl (C=O) groups excluding carboxylic acids is 1. The summed E-state index contributed by atoms with van der Waals surface area (Å²) in [7, 11) is 1.63. The first-order valence-electron chi connectivity index (χ1n) is 4.61. The van der Waals surface area contributed by atoms with Gasteiger partial charge in [0.05, 0.1) is 7.11 Å². The average molecular weight is 201 g/mol. The number of hydrogen-bond donors (Lipinski definition) is 0. The Morgan fingerprint density at radius 1 is 1.33 bits per heavy atom. The van der Waals surface area contributed by atoms with Crippen molar-refractivity contribution in [2.45, 2.75) is 0 Å². The fourth-order valence-electron chi connectivity index (χ4n) is 1.41. The first-order chi connectivity index (χ1) is 7.33. The molecule has 0 aliphatic rings. The van der Waals surface area contributed by atoms with Gasteiger partial charge >= 0.3 is 0 Å². The fraction of sp³-hybridized carbons (Fsp3) is 0.0833. The molecule has 0 radical (unpaired) electrons. The zero-order valence-electron chi connectivity index (χ0n) is 8.38. The van der Waals surface area contributed by atoms with Crippen LogP contribution in [-0.2, 0) is 0 Å². The molecule has 1 heterocycles. The lowest BCUT2D eigenvalue weighted by Gasteiger charge is -2.04. The summed E-state index contributed by atoms with van der Waals surface area (Å²) >= 11 is 0. The second-order valence-electron chi connectivity index (χ2n) is 3.17. The summed E-state index contributed by atoms with van der Waals surface area (Å²) in [6.45, 7) is 0. The summed E-state index contributed by atoms with van der Waals surface area (Å²) in [6.07, 6.45) is 4.46. The van der Waals surface area contributed by atoms with Crippen LogP contribution in [0.15, 0.2) is 42.7 Å². The molecule has 0 atom stereocenters. The molecule has 15 heavy (non-hydrogen) atoms. The van der Waals surface area contributed by atoms with E-state index in [1.165, 1.54) is 0 Å². The summed E-state index contributed by atoms with van der Waals surface area (Å²) in [6, 6.07) is 9.43. The molecule has 0 N–H and O–H groups in total. The number of benzene rings is 1. The van der Waals surface area contributed by atoms with Crippen LogP contribution in [0.25, 0.3) is 5.69 Å². The van der Waals surface area contributed by atoms with E-state index in [-0.39, 0.29) is 0 Å². The van der Waals surface area contributed by atoms with Crippen LogP contribution >= 0.6 is 0 Å². The van der Waals surface area contributed by atoms with Gasteiger partial charge in [-0.15, -0.1) is 0 Å². The molecule has 1 aromatic heterocycles. The second kappa shape index (κ2) is 4.00. The Morgan fingerprint density at radius 3 is 2.87 bits per heavy atom. The van der Waals surface area contributed by atoms with Gasteiger partial charge < -0.3 is 9.30 Å². The van der Waals surface area contributed by atoms with E-state index in [0.29, 0.717) is 5.56 Å². The molecule has 0 fully saturated rings. The van der Waals surface area contributed by atoms with Gasteiger partial charge in [-0.2, -0.15) is 0 Å². The smallest absolute Gasteiger partial charge is 0.151 e. The van der Waals surface area contributed by atoms with Crippen molar-refractivity contribution >= 4 is 6.29 Å². The number of ether oxygens (including phenoxy) is 1. The van der Waals surface area contributed by atoms with Gasteiger partial charge in [0.2, 0.25) is 0 Å². The van der Waals surface area contributed by atoms with Crippen LogP contribution in [0.3, 0.4) is 0 Å². The standard InChI is InChI=1S/C12H11NO2/c1-15-12-4-2-3-11(7-12)13-6-5-10(8-13)9-14/h2-9H,1H3. The van der Waals surface area contributed by atoms with E-state index in [4.69, 9.17) is 4.74 Å². The number of aromatic nitrogens is 1. The van der Waals surface area contributed by atoms with E-state index in [1.807, 2.05) is 35.0 Å². The number of aldehydes is 1. The first kappa shape index (κ1) is 9.52. The quantitative estimate of drug-likeness (QED) is 0.713. The van der Waals surface area contributed by atoms with E-state index in [9.17, 15) is 4.79 Å². The van der Waals surface area contributed by atoms with Crippen molar-refractivity contribution < 1.29 is 9.53 Å². The van der Waals surface area contributed by atoms with E-state index >= 15 is 0 Å². The van der Waals surface area contributed by atoms with Gasteiger partial charge in [0, 0.05) is 29.7 Å². The maximum absolute atomic E-state index is 10.5. The van der Waals surface area contributed by atoms with Gasteiger partial charge in [0.15, 0.2) is 6.29 Å². The zero-order chi connectivity index (χ0) is 10.7. The van der Waals surface area contributed by atoms with Gasteiger partial charge in [0.25, 0.3) is 0 Å². The highest BCUT2D eigenvalue weighted by Gasteiger charge is 1.99. The molecule has 0 bridgehead atoms. The molecule has 0 amide bonds. The molecular weight excluding hydrogens is 190 g/mol. The van der Waals surface area contributed by atoms with Crippen LogP contribution < -0.4 is 4.74 Å². The number of hydrogen-bond acceptors (Lipinski definition) is 2. The average Bonchev–Trinajstić information content (AvgIpc) is 2.78. The van der Waals surface area contributed by atoms with E-state index in [0.717, 1.165) is 17.7 Å². The molecule has 0 saturated heterocycles. The van der Waals surface area contributed by atoms with Crippen LogP contribution in [-0.4, -0.2) is 18.0 Å². The minimum absolute atomic E-state index is 0.665. The molecular formula is C12H11NO2. The van der Waals surface area contributed by atoms with Crippen LogP contribution in [0, 0.1) is 0 Å². The van der Waals surface area contributed by atoms with Crippen molar-refractivity contribution in [1.82, 2.24) is 4.57 Å².